The lowest BCUT2D eigenvalue weighted by atomic mass is 9.81. The average molecular weight is 472 g/mol. The molecule has 14 heteroatoms. The molecule has 0 saturated heterocycles. The fourth-order valence-corrected chi connectivity index (χ4v) is 2.07. The molecule has 32 heavy (non-hydrogen) atoms. The lowest BCUT2D eigenvalue weighted by Gasteiger charge is -2.35. The van der Waals surface area contributed by atoms with E-state index in [1.165, 1.54) is 0 Å². The van der Waals surface area contributed by atoms with Crippen LogP contribution in [0.1, 0.15) is 19.3 Å². The van der Waals surface area contributed by atoms with E-state index in [2.05, 4.69) is 0 Å². The third-order valence-electron chi connectivity index (χ3n) is 4.52. The number of aliphatic carboxylic acids is 2. The Kier molecular flexibility index (Phi) is 16.6. The van der Waals surface area contributed by atoms with Crippen molar-refractivity contribution in [3.05, 3.63) is 0 Å². The highest BCUT2D eigenvalue weighted by Crippen LogP contribution is 2.26. The molecule has 1 unspecified atom stereocenters. The summed E-state index contributed by atoms with van der Waals surface area (Å²) < 4.78 is 5.09. The molecular weight excluding hydrogens is 440 g/mol. The second-order valence-electron chi connectivity index (χ2n) is 7.19. The molecule has 0 heterocycles. The Morgan fingerprint density at radius 2 is 1.00 bits per heavy atom. The van der Waals surface area contributed by atoms with Crippen LogP contribution in [-0.4, -0.2) is 128 Å². The lowest BCUT2D eigenvalue weighted by molar-refractivity contribution is -0.152. The predicted octanol–water partition coefficient (Wildman–Crippen LogP) is -4.25. The average Bonchev–Trinajstić information content (AvgIpc) is 2.75. The van der Waals surface area contributed by atoms with Crippen LogP contribution in [0.5, 0.6) is 0 Å². The van der Waals surface area contributed by atoms with Gasteiger partial charge in [-0.05, 0) is 0 Å². The van der Waals surface area contributed by atoms with Crippen molar-refractivity contribution in [2.45, 2.75) is 25.4 Å². The first-order valence-electron chi connectivity index (χ1n) is 9.29. The molecule has 0 aliphatic carbocycles. The number of carbonyl (C=O) groups is 4. The van der Waals surface area contributed by atoms with Gasteiger partial charge in [0.15, 0.2) is 5.78 Å². The molecule has 0 saturated carbocycles. The molecule has 188 valence electrons. The molecule has 0 aliphatic heterocycles. The fraction of sp³-hybridized carbons (Fsp3) is 0.778. The van der Waals surface area contributed by atoms with Crippen molar-refractivity contribution in [2.75, 3.05) is 52.9 Å². The Morgan fingerprint density at radius 3 is 1.28 bits per heavy atom. The molecule has 0 radical (unpaired) electrons. The summed E-state index contributed by atoms with van der Waals surface area (Å²) in [5, 5.41) is 79.1. The van der Waals surface area contributed by atoms with E-state index in [1.54, 1.807) is 0 Å². The van der Waals surface area contributed by atoms with Crippen LogP contribution in [-0.2, 0) is 23.9 Å². The maximum Gasteiger partial charge on any atom is 0.310 e. The zero-order valence-electron chi connectivity index (χ0n) is 17.4. The molecule has 0 fully saturated rings. The van der Waals surface area contributed by atoms with Crippen molar-refractivity contribution < 1.29 is 69.9 Å². The number of aliphatic hydroxyl groups is 7. The third kappa shape index (κ3) is 11.5. The van der Waals surface area contributed by atoms with Gasteiger partial charge in [-0.2, -0.15) is 0 Å². The first-order valence-corrected chi connectivity index (χ1v) is 9.29. The van der Waals surface area contributed by atoms with Crippen LogP contribution in [0.3, 0.4) is 0 Å². The summed E-state index contributed by atoms with van der Waals surface area (Å²) in [4.78, 5) is 43.8. The minimum atomic E-state index is -1.68. The summed E-state index contributed by atoms with van der Waals surface area (Å²) in [6.07, 6.45) is -3.58. The summed E-state index contributed by atoms with van der Waals surface area (Å²) in [6, 6.07) is 0. The standard InChI is InChI=1S/C13H20O10.C5H12O4/c14-5-13(6-15,7-16)10(1-8(17)2-11(19)20)23-4-9(18)3-12(21)22;6-1-5(2-7,3-8)4-9/h10,14-16H,1-7H2,(H,19,20)(H,21,22);6-9H,1-4H2. The first kappa shape index (κ1) is 32.1. The fourth-order valence-electron chi connectivity index (χ4n) is 2.07. The highest BCUT2D eigenvalue weighted by molar-refractivity contribution is 5.96. The van der Waals surface area contributed by atoms with Gasteiger partial charge in [0, 0.05) is 6.42 Å². The van der Waals surface area contributed by atoms with E-state index >= 15 is 0 Å². The van der Waals surface area contributed by atoms with Gasteiger partial charge >= 0.3 is 11.9 Å². The van der Waals surface area contributed by atoms with Gasteiger partial charge < -0.3 is 50.7 Å². The number of ketones is 2. The second-order valence-corrected chi connectivity index (χ2v) is 7.19. The van der Waals surface area contributed by atoms with Crippen molar-refractivity contribution in [3.8, 4) is 0 Å². The molecule has 0 rings (SSSR count). The third-order valence-corrected chi connectivity index (χ3v) is 4.52. The van der Waals surface area contributed by atoms with E-state index < -0.39 is 113 Å². The van der Waals surface area contributed by atoms with Crippen LogP contribution in [0.2, 0.25) is 0 Å². The van der Waals surface area contributed by atoms with E-state index in [0.717, 1.165) is 0 Å². The molecule has 0 aromatic heterocycles. The van der Waals surface area contributed by atoms with Crippen molar-refractivity contribution in [2.24, 2.45) is 10.8 Å². The zero-order valence-corrected chi connectivity index (χ0v) is 17.4. The number of ether oxygens (including phenoxy) is 1. The van der Waals surface area contributed by atoms with E-state index in [0.29, 0.717) is 0 Å². The number of carbonyl (C=O) groups excluding carboxylic acids is 2. The summed E-state index contributed by atoms with van der Waals surface area (Å²) in [5.74, 6) is -4.39. The second kappa shape index (κ2) is 16.6. The molecular formula is C18H32O14. The van der Waals surface area contributed by atoms with Gasteiger partial charge in [-0.15, -0.1) is 0 Å². The van der Waals surface area contributed by atoms with E-state index in [1.807, 2.05) is 0 Å². The number of Topliss-reactive ketones (excluding diaryl/α,β-unsaturated/α-hetero) is 2. The van der Waals surface area contributed by atoms with Crippen molar-refractivity contribution in [3.63, 3.8) is 0 Å². The molecule has 0 spiro atoms. The molecule has 0 aliphatic rings. The van der Waals surface area contributed by atoms with Crippen LogP contribution in [0.15, 0.2) is 0 Å². The SMILES string of the molecule is O=C(O)CC(=O)COC(CC(=O)CC(=O)O)C(CO)(CO)CO.OCC(CO)(CO)CO. The van der Waals surface area contributed by atoms with Crippen LogP contribution >= 0.6 is 0 Å². The summed E-state index contributed by atoms with van der Waals surface area (Å²) >= 11 is 0. The first-order chi connectivity index (χ1) is 14.9. The van der Waals surface area contributed by atoms with Gasteiger partial charge in [-0.25, -0.2) is 0 Å². The molecule has 0 amide bonds. The Labute approximate surface area is 183 Å². The van der Waals surface area contributed by atoms with Crippen molar-refractivity contribution in [1.82, 2.24) is 0 Å². The smallest absolute Gasteiger partial charge is 0.310 e. The predicted molar refractivity (Wildman–Crippen MR) is 103 cm³/mol. The highest BCUT2D eigenvalue weighted by atomic mass is 16.5. The van der Waals surface area contributed by atoms with Gasteiger partial charge in [-0.3, -0.25) is 19.2 Å². The van der Waals surface area contributed by atoms with Gasteiger partial charge in [-0.1, -0.05) is 0 Å². The van der Waals surface area contributed by atoms with E-state index in [-0.39, 0.29) is 0 Å². The normalized spacial score (nSPS) is 12.5. The number of rotatable bonds is 17. The maximum absolute atomic E-state index is 11.6. The monoisotopic (exact) mass is 472 g/mol. The van der Waals surface area contributed by atoms with Crippen LogP contribution in [0, 0.1) is 10.8 Å². The van der Waals surface area contributed by atoms with Gasteiger partial charge in [0.2, 0.25) is 0 Å². The van der Waals surface area contributed by atoms with Crippen molar-refractivity contribution >= 4 is 23.5 Å². The summed E-state index contributed by atoms with van der Waals surface area (Å²) in [7, 11) is 0. The Balaban J connectivity index is 0. The minimum Gasteiger partial charge on any atom is -0.481 e. The molecule has 14 nitrogen and oxygen atoms in total. The molecule has 0 bridgehead atoms. The minimum absolute atomic E-state index is 0.406. The Morgan fingerprint density at radius 1 is 0.625 bits per heavy atom. The Bertz CT molecular complexity index is 556. The maximum atomic E-state index is 11.6. The molecule has 9 N–H and O–H groups in total. The largest absolute Gasteiger partial charge is 0.481 e. The quantitative estimate of drug-likeness (QED) is 0.0908. The Hall–Kier alpha value is -2.04. The van der Waals surface area contributed by atoms with E-state index in [4.69, 9.17) is 35.4 Å². The van der Waals surface area contributed by atoms with Crippen molar-refractivity contribution in [1.29, 1.82) is 0 Å². The number of hydrogen-bond acceptors (Lipinski definition) is 12. The topological polar surface area (TPSA) is 260 Å². The molecule has 1 atom stereocenters. The molecule has 0 aromatic carbocycles. The summed E-state index contributed by atoms with van der Waals surface area (Å²) in [5.41, 5.74) is -2.79. The lowest BCUT2D eigenvalue weighted by Crippen LogP contribution is -2.48. The summed E-state index contributed by atoms with van der Waals surface area (Å²) in [6.45, 7) is -4.73. The molecule has 0 aromatic rings. The zero-order chi connectivity index (χ0) is 25.4. The van der Waals surface area contributed by atoms with E-state index in [9.17, 15) is 34.5 Å². The van der Waals surface area contributed by atoms with Crippen LogP contribution < -0.4 is 0 Å². The van der Waals surface area contributed by atoms with Gasteiger partial charge in [0.25, 0.3) is 0 Å². The van der Waals surface area contributed by atoms with Crippen LogP contribution in [0.25, 0.3) is 0 Å². The van der Waals surface area contributed by atoms with Gasteiger partial charge in [0.05, 0.1) is 63.2 Å². The number of aliphatic hydroxyl groups excluding tert-OH is 7. The number of carboxylic acids is 2. The number of carboxylic acid groups (broad SMARTS) is 2. The number of hydrogen-bond donors (Lipinski definition) is 9. The highest BCUT2D eigenvalue weighted by Gasteiger charge is 2.40. The van der Waals surface area contributed by atoms with Gasteiger partial charge in [0.1, 0.15) is 25.2 Å². The van der Waals surface area contributed by atoms with Crippen LogP contribution in [0.4, 0.5) is 0 Å².